The normalized spacial score (nSPS) is 19.0. The van der Waals surface area contributed by atoms with Gasteiger partial charge < -0.3 is 29.7 Å². The van der Waals surface area contributed by atoms with Crippen LogP contribution in [0.4, 0.5) is 4.39 Å². The quantitative estimate of drug-likeness (QED) is 0.223. The van der Waals surface area contributed by atoms with Gasteiger partial charge in [-0.1, -0.05) is 42.5 Å². The Morgan fingerprint density at radius 1 is 0.656 bits per heavy atom. The highest BCUT2D eigenvalue weighted by molar-refractivity contribution is 5.95. The number of aromatic amines is 1. The van der Waals surface area contributed by atoms with Crippen molar-refractivity contribution in [1.29, 1.82) is 0 Å². The van der Waals surface area contributed by atoms with Crippen molar-refractivity contribution in [3.05, 3.63) is 111 Å². The molecule has 15 heteroatoms. The van der Waals surface area contributed by atoms with Gasteiger partial charge in [0.25, 0.3) is 17.4 Å². The lowest BCUT2D eigenvalue weighted by Gasteiger charge is -2.38. The van der Waals surface area contributed by atoms with Crippen molar-refractivity contribution in [1.82, 2.24) is 40.0 Å². The summed E-state index contributed by atoms with van der Waals surface area (Å²) in [5.41, 5.74) is 1.76. The fourth-order valence-corrected chi connectivity index (χ4v) is 9.17. The van der Waals surface area contributed by atoms with Gasteiger partial charge in [0.1, 0.15) is 5.82 Å². The van der Waals surface area contributed by atoms with Crippen LogP contribution in [-0.2, 0) is 20.7 Å². The summed E-state index contributed by atoms with van der Waals surface area (Å²) in [7, 11) is 0. The Balaban J connectivity index is 0.000000368. The molecular formula is C49H61FN8O6. The molecule has 4 aromatic rings. The number of halogens is 1. The van der Waals surface area contributed by atoms with Gasteiger partial charge in [0.15, 0.2) is 0 Å². The number of hydrogen-bond acceptors (Lipinski definition) is 9. The fourth-order valence-electron chi connectivity index (χ4n) is 9.17. The van der Waals surface area contributed by atoms with Crippen LogP contribution in [0.5, 0.6) is 0 Å². The second kappa shape index (κ2) is 21.4. The summed E-state index contributed by atoms with van der Waals surface area (Å²) in [4.78, 5) is 72.7. The maximum absolute atomic E-state index is 14.9. The Morgan fingerprint density at radius 3 is 1.95 bits per heavy atom. The second-order valence-electron chi connectivity index (χ2n) is 17.8. The van der Waals surface area contributed by atoms with Gasteiger partial charge in [0.2, 0.25) is 11.8 Å². The molecule has 1 aromatic heterocycles. The van der Waals surface area contributed by atoms with E-state index < -0.39 is 11.7 Å². The number of carbonyl (C=O) groups excluding carboxylic acids is 4. The molecule has 0 radical (unpaired) electrons. The van der Waals surface area contributed by atoms with E-state index in [-0.39, 0.29) is 35.1 Å². The number of piperidine rings is 3. The summed E-state index contributed by atoms with van der Waals surface area (Å²) in [5.74, 6) is -0.600. The van der Waals surface area contributed by atoms with E-state index in [1.807, 2.05) is 52.3 Å². The molecule has 0 bridgehead atoms. The van der Waals surface area contributed by atoms with Crippen LogP contribution in [-0.4, -0.2) is 155 Å². The molecule has 0 spiro atoms. The molecule has 0 atom stereocenters. The fraction of sp³-hybridized carbons (Fsp3) is 0.510. The molecule has 9 rings (SSSR count). The molecule has 14 nitrogen and oxygen atoms in total. The summed E-state index contributed by atoms with van der Waals surface area (Å²) in [5, 5.41) is 11.2. The number of carbonyl (C=O) groups is 4. The number of aromatic nitrogens is 2. The number of H-pyrrole nitrogens is 1. The number of fused-ring (bicyclic) bond motifs is 1. The third kappa shape index (κ3) is 11.8. The first-order valence-corrected chi connectivity index (χ1v) is 23.2. The van der Waals surface area contributed by atoms with Crippen molar-refractivity contribution in [2.24, 2.45) is 0 Å². The number of ether oxygens (including phenoxy) is 1. The highest BCUT2D eigenvalue weighted by Crippen LogP contribution is 2.24. The van der Waals surface area contributed by atoms with Crippen LogP contribution < -0.4 is 10.9 Å². The maximum Gasteiger partial charge on any atom is 0.272 e. The van der Waals surface area contributed by atoms with Crippen LogP contribution in [0, 0.1) is 5.82 Å². The summed E-state index contributed by atoms with van der Waals surface area (Å²) >= 11 is 0. The molecule has 340 valence electrons. The number of piperazine rings is 1. The maximum atomic E-state index is 14.9. The lowest BCUT2D eigenvalue weighted by molar-refractivity contribution is -0.135. The predicted molar refractivity (Wildman–Crippen MR) is 241 cm³/mol. The van der Waals surface area contributed by atoms with E-state index >= 15 is 0 Å². The van der Waals surface area contributed by atoms with Gasteiger partial charge in [-0.15, -0.1) is 0 Å². The highest BCUT2D eigenvalue weighted by Gasteiger charge is 2.31. The van der Waals surface area contributed by atoms with Crippen LogP contribution in [0.15, 0.2) is 77.6 Å². The van der Waals surface area contributed by atoms with E-state index in [0.717, 1.165) is 57.4 Å². The highest BCUT2D eigenvalue weighted by atomic mass is 19.1. The molecule has 1 saturated carbocycles. The van der Waals surface area contributed by atoms with Crippen LogP contribution in [0.1, 0.15) is 89.8 Å². The molecule has 3 aromatic carbocycles. The smallest absolute Gasteiger partial charge is 0.272 e. The number of nitrogens with one attached hydrogen (secondary N) is 2. The van der Waals surface area contributed by atoms with Gasteiger partial charge in [-0.05, 0) is 93.7 Å². The van der Waals surface area contributed by atoms with Crippen molar-refractivity contribution >= 4 is 34.4 Å². The molecular weight excluding hydrogens is 816 g/mol. The third-order valence-corrected chi connectivity index (χ3v) is 13.2. The Labute approximate surface area is 374 Å². The molecule has 5 heterocycles. The van der Waals surface area contributed by atoms with Crippen LogP contribution >= 0.6 is 0 Å². The molecule has 5 aliphatic rings. The van der Waals surface area contributed by atoms with E-state index in [9.17, 15) is 28.4 Å². The summed E-state index contributed by atoms with van der Waals surface area (Å²) in [6.07, 6.45) is 10.2. The molecule has 4 saturated heterocycles. The topological polar surface area (TPSA) is 151 Å². The van der Waals surface area contributed by atoms with Crippen molar-refractivity contribution in [3.8, 4) is 0 Å². The van der Waals surface area contributed by atoms with Crippen molar-refractivity contribution < 1.29 is 28.3 Å². The third-order valence-electron chi connectivity index (χ3n) is 13.2. The first-order valence-electron chi connectivity index (χ1n) is 23.2. The first kappa shape index (κ1) is 45.1. The minimum atomic E-state index is -0.599. The molecule has 4 aliphatic heterocycles. The number of benzene rings is 3. The van der Waals surface area contributed by atoms with Crippen LogP contribution in [0.25, 0.3) is 10.8 Å². The first-order chi connectivity index (χ1) is 31.2. The van der Waals surface area contributed by atoms with E-state index in [1.54, 1.807) is 34.1 Å². The molecule has 1 aliphatic carbocycles. The molecule has 64 heavy (non-hydrogen) atoms. The SMILES string of the molecule is O=C(CN1CCC(OC2CCN(C(=O)c3ccccc3)CC2)CC1)N1CCN(C(=O)c2cc(Cc3n[nH]c(=O)c4ccccc34)ccc2F)CC1.O=C(CNC1CC1)N1CCCCC1. The minimum absolute atomic E-state index is 0.0164. The van der Waals surface area contributed by atoms with Crippen LogP contribution in [0.2, 0.25) is 0 Å². The Morgan fingerprint density at radius 2 is 1.27 bits per heavy atom. The summed E-state index contributed by atoms with van der Waals surface area (Å²) in [6, 6.07) is 21.7. The van der Waals surface area contributed by atoms with Gasteiger partial charge in [0, 0.05) is 88.9 Å². The Bertz CT molecular complexity index is 2290. The zero-order chi connectivity index (χ0) is 44.4. The summed E-state index contributed by atoms with van der Waals surface area (Å²) < 4.78 is 21.4. The number of likely N-dealkylation sites (tertiary alicyclic amines) is 3. The van der Waals surface area contributed by atoms with E-state index in [1.165, 1.54) is 38.2 Å². The van der Waals surface area contributed by atoms with Gasteiger partial charge in [0.05, 0.1) is 41.9 Å². The lowest BCUT2D eigenvalue weighted by Crippen LogP contribution is -2.53. The van der Waals surface area contributed by atoms with Gasteiger partial charge in [-0.25, -0.2) is 9.49 Å². The van der Waals surface area contributed by atoms with Crippen molar-refractivity contribution in [3.63, 3.8) is 0 Å². The zero-order valence-electron chi connectivity index (χ0n) is 36.7. The number of hydrogen-bond donors (Lipinski definition) is 2. The average Bonchev–Trinajstić information content (AvgIpc) is 4.18. The predicted octanol–water partition coefficient (Wildman–Crippen LogP) is 4.47. The average molecular weight is 877 g/mol. The Kier molecular flexibility index (Phi) is 15.1. The largest absolute Gasteiger partial charge is 0.375 e. The van der Waals surface area contributed by atoms with E-state index in [2.05, 4.69) is 20.4 Å². The van der Waals surface area contributed by atoms with Crippen molar-refractivity contribution in [2.45, 2.75) is 82.5 Å². The molecule has 2 N–H and O–H groups in total. The monoisotopic (exact) mass is 876 g/mol. The van der Waals surface area contributed by atoms with E-state index in [4.69, 9.17) is 4.74 Å². The Hall–Kier alpha value is -5.51. The van der Waals surface area contributed by atoms with Crippen molar-refractivity contribution in [2.75, 3.05) is 78.5 Å². The van der Waals surface area contributed by atoms with Gasteiger partial charge in [-0.2, -0.15) is 5.10 Å². The number of nitrogens with zero attached hydrogens (tertiary/aromatic N) is 6. The standard InChI is InChI=1S/C39H43FN6O5.C10H18N2O/c40-34-11-10-27(25-35-31-8-4-5-9-32(31)37(48)42-41-35)24-33(34)39(50)46-22-20-44(21-23-46)36(47)26-43-16-12-29(13-17-43)51-30-14-18-45(19-15-30)38(49)28-6-2-1-3-7-28;13-10(8-11-9-4-5-9)12-6-2-1-3-7-12/h1-11,24,29-30H,12-23,25-26H2,(H,42,48);9,11H,1-8H2. The van der Waals surface area contributed by atoms with Gasteiger partial charge >= 0.3 is 0 Å². The van der Waals surface area contributed by atoms with Crippen LogP contribution in [0.3, 0.4) is 0 Å². The second-order valence-corrected chi connectivity index (χ2v) is 17.8. The number of amides is 4. The molecule has 0 unspecified atom stereocenters. The zero-order valence-corrected chi connectivity index (χ0v) is 36.7. The van der Waals surface area contributed by atoms with Gasteiger partial charge in [-0.3, -0.25) is 28.9 Å². The number of rotatable bonds is 11. The minimum Gasteiger partial charge on any atom is -0.375 e. The summed E-state index contributed by atoms with van der Waals surface area (Å²) in [6.45, 7) is 7.22. The lowest BCUT2D eigenvalue weighted by atomic mass is 10.0. The molecule has 4 amide bonds. The molecule has 5 fully saturated rings. The van der Waals surface area contributed by atoms with E-state index in [0.29, 0.717) is 92.8 Å².